The highest BCUT2D eigenvalue weighted by atomic mass is 19.4. The van der Waals surface area contributed by atoms with Gasteiger partial charge in [-0.2, -0.15) is 13.2 Å². The number of hydrogen-bond acceptors (Lipinski definition) is 3. The van der Waals surface area contributed by atoms with E-state index < -0.39 is 17.5 Å². The standard InChI is InChI=1S/C23H16F3N3O3/c24-23(25,26)17-7-3-1-5-15(17)13-28-19-8-4-2-6-16(19)21(30)29(28)12-14-9-10-18-20(11-14)32-22(31)27-18/h1-11H,12-13H2,(H,27,31). The first-order chi connectivity index (χ1) is 15.3. The zero-order valence-corrected chi connectivity index (χ0v) is 16.5. The van der Waals surface area contributed by atoms with Crippen molar-refractivity contribution in [3.05, 3.63) is 104 Å². The van der Waals surface area contributed by atoms with Crippen molar-refractivity contribution < 1.29 is 17.6 Å². The number of aromatic amines is 1. The summed E-state index contributed by atoms with van der Waals surface area (Å²) in [6, 6.07) is 17.1. The number of benzene rings is 3. The molecule has 0 amide bonds. The summed E-state index contributed by atoms with van der Waals surface area (Å²) in [6.45, 7) is -0.0492. The van der Waals surface area contributed by atoms with Crippen LogP contribution in [0.2, 0.25) is 0 Å². The molecule has 0 spiro atoms. The van der Waals surface area contributed by atoms with Crippen molar-refractivity contribution in [2.45, 2.75) is 19.3 Å². The lowest BCUT2D eigenvalue weighted by Gasteiger charge is -2.17. The Morgan fingerprint density at radius 3 is 2.44 bits per heavy atom. The number of nitrogens with one attached hydrogen (secondary N) is 1. The molecule has 6 nitrogen and oxygen atoms in total. The van der Waals surface area contributed by atoms with E-state index in [9.17, 15) is 22.8 Å². The van der Waals surface area contributed by atoms with Crippen LogP contribution in [-0.4, -0.2) is 14.3 Å². The SMILES string of the molecule is O=c1[nH]c2ccc(Cn3c(=O)c4ccccc4n3Cc3ccccc3C(F)(F)F)cc2o1. The van der Waals surface area contributed by atoms with E-state index in [1.807, 2.05) is 0 Å². The summed E-state index contributed by atoms with van der Waals surface area (Å²) in [5.41, 5.74) is 1.05. The van der Waals surface area contributed by atoms with Crippen LogP contribution < -0.4 is 11.3 Å². The predicted molar refractivity (Wildman–Crippen MR) is 113 cm³/mol. The summed E-state index contributed by atoms with van der Waals surface area (Å²) in [7, 11) is 0. The van der Waals surface area contributed by atoms with E-state index in [4.69, 9.17) is 4.42 Å². The van der Waals surface area contributed by atoms with E-state index in [2.05, 4.69) is 4.98 Å². The molecule has 0 unspecified atom stereocenters. The van der Waals surface area contributed by atoms with Crippen molar-refractivity contribution in [1.29, 1.82) is 0 Å². The minimum absolute atomic E-state index is 0.0570. The Kier molecular flexibility index (Phi) is 4.54. The van der Waals surface area contributed by atoms with E-state index in [-0.39, 0.29) is 24.2 Å². The molecule has 0 bridgehead atoms. The molecule has 5 rings (SSSR count). The van der Waals surface area contributed by atoms with Crippen LogP contribution in [-0.2, 0) is 19.3 Å². The molecule has 32 heavy (non-hydrogen) atoms. The third-order valence-electron chi connectivity index (χ3n) is 5.40. The molecule has 162 valence electrons. The molecular formula is C23H16F3N3O3. The van der Waals surface area contributed by atoms with E-state index >= 15 is 0 Å². The lowest BCUT2D eigenvalue weighted by Crippen LogP contribution is -2.25. The molecule has 5 aromatic rings. The fraction of sp³-hybridized carbons (Fsp3) is 0.130. The average Bonchev–Trinajstić information content (AvgIpc) is 3.25. The summed E-state index contributed by atoms with van der Waals surface area (Å²) >= 11 is 0. The van der Waals surface area contributed by atoms with Gasteiger partial charge in [0, 0.05) is 0 Å². The largest absolute Gasteiger partial charge is 0.417 e. The van der Waals surface area contributed by atoms with Crippen molar-refractivity contribution >= 4 is 22.0 Å². The fourth-order valence-electron chi connectivity index (χ4n) is 3.94. The number of H-pyrrole nitrogens is 1. The van der Waals surface area contributed by atoms with E-state index in [1.54, 1.807) is 53.2 Å². The molecule has 0 atom stereocenters. The first-order valence-electron chi connectivity index (χ1n) is 9.76. The molecule has 0 radical (unpaired) electrons. The Hall–Kier alpha value is -4.01. The molecule has 0 aliphatic rings. The molecule has 2 heterocycles. The maximum absolute atomic E-state index is 13.6. The summed E-state index contributed by atoms with van der Waals surface area (Å²) in [6.07, 6.45) is -4.51. The molecule has 0 aliphatic carbocycles. The van der Waals surface area contributed by atoms with Gasteiger partial charge in [0.05, 0.1) is 35.1 Å². The molecule has 0 saturated heterocycles. The molecule has 0 aliphatic heterocycles. The smallest absolute Gasteiger partial charge is 0.408 e. The summed E-state index contributed by atoms with van der Waals surface area (Å²) in [5.74, 6) is -0.591. The van der Waals surface area contributed by atoms with Crippen LogP contribution in [0.5, 0.6) is 0 Å². The van der Waals surface area contributed by atoms with E-state index in [0.717, 1.165) is 6.07 Å². The van der Waals surface area contributed by atoms with Crippen LogP contribution in [0, 0.1) is 0 Å². The van der Waals surface area contributed by atoms with Crippen LogP contribution in [0.3, 0.4) is 0 Å². The van der Waals surface area contributed by atoms with Crippen molar-refractivity contribution in [3.8, 4) is 0 Å². The van der Waals surface area contributed by atoms with Gasteiger partial charge in [-0.25, -0.2) is 9.48 Å². The van der Waals surface area contributed by atoms with Crippen molar-refractivity contribution in [2.24, 2.45) is 0 Å². The zero-order chi connectivity index (χ0) is 22.5. The highest BCUT2D eigenvalue weighted by Gasteiger charge is 2.33. The molecule has 0 saturated carbocycles. The van der Waals surface area contributed by atoms with E-state index in [0.29, 0.717) is 27.6 Å². The van der Waals surface area contributed by atoms with Gasteiger partial charge in [-0.15, -0.1) is 0 Å². The topological polar surface area (TPSA) is 72.9 Å². The number of para-hydroxylation sites is 1. The first kappa shape index (κ1) is 19.9. The maximum atomic E-state index is 13.6. The average molecular weight is 439 g/mol. The second kappa shape index (κ2) is 7.30. The second-order valence-corrected chi connectivity index (χ2v) is 7.44. The van der Waals surface area contributed by atoms with Gasteiger partial charge in [-0.1, -0.05) is 36.4 Å². The first-order valence-corrected chi connectivity index (χ1v) is 9.76. The highest BCUT2D eigenvalue weighted by Crippen LogP contribution is 2.32. The van der Waals surface area contributed by atoms with Gasteiger partial charge in [-0.3, -0.25) is 14.5 Å². The zero-order valence-electron chi connectivity index (χ0n) is 16.5. The van der Waals surface area contributed by atoms with Crippen LogP contribution in [0.1, 0.15) is 16.7 Å². The monoisotopic (exact) mass is 439 g/mol. The minimum atomic E-state index is -4.51. The minimum Gasteiger partial charge on any atom is -0.408 e. The van der Waals surface area contributed by atoms with Gasteiger partial charge in [0.15, 0.2) is 5.58 Å². The molecule has 0 fully saturated rings. The lowest BCUT2D eigenvalue weighted by molar-refractivity contribution is -0.138. The lowest BCUT2D eigenvalue weighted by atomic mass is 10.1. The fourth-order valence-corrected chi connectivity index (χ4v) is 3.94. The molecule has 1 N–H and O–H groups in total. The highest BCUT2D eigenvalue weighted by molar-refractivity contribution is 5.78. The predicted octanol–water partition coefficient (Wildman–Crippen LogP) is 4.35. The Labute approximate surface area is 178 Å². The molecular weight excluding hydrogens is 423 g/mol. The number of fused-ring (bicyclic) bond motifs is 2. The maximum Gasteiger partial charge on any atom is 0.417 e. The normalized spacial score (nSPS) is 12.1. The number of alkyl halides is 3. The van der Waals surface area contributed by atoms with Gasteiger partial charge in [0.25, 0.3) is 5.56 Å². The number of halogens is 3. The molecule has 2 aromatic heterocycles. The third-order valence-corrected chi connectivity index (χ3v) is 5.40. The number of hydrogen-bond donors (Lipinski definition) is 1. The number of nitrogens with zero attached hydrogens (tertiary/aromatic N) is 2. The van der Waals surface area contributed by atoms with Gasteiger partial charge in [0.2, 0.25) is 0 Å². The van der Waals surface area contributed by atoms with Gasteiger partial charge in [-0.05, 0) is 41.5 Å². The number of rotatable bonds is 4. The van der Waals surface area contributed by atoms with Crippen molar-refractivity contribution in [3.63, 3.8) is 0 Å². The van der Waals surface area contributed by atoms with Crippen LogP contribution in [0.4, 0.5) is 13.2 Å². The molecule has 9 heteroatoms. The molecule has 3 aromatic carbocycles. The van der Waals surface area contributed by atoms with Crippen molar-refractivity contribution in [1.82, 2.24) is 14.3 Å². The quantitative estimate of drug-likeness (QED) is 0.453. The summed E-state index contributed by atoms with van der Waals surface area (Å²) in [5, 5.41) is 0.409. The van der Waals surface area contributed by atoms with Gasteiger partial charge < -0.3 is 4.42 Å². The van der Waals surface area contributed by atoms with Crippen LogP contribution >= 0.6 is 0 Å². The van der Waals surface area contributed by atoms with Gasteiger partial charge >= 0.3 is 11.9 Å². The Balaban J connectivity index is 1.65. The third kappa shape index (κ3) is 3.41. The van der Waals surface area contributed by atoms with Gasteiger partial charge in [0.1, 0.15) is 0 Å². The van der Waals surface area contributed by atoms with E-state index in [1.165, 1.54) is 16.8 Å². The summed E-state index contributed by atoms with van der Waals surface area (Å²) in [4.78, 5) is 27.1. The second-order valence-electron chi connectivity index (χ2n) is 7.44. The number of oxazole rings is 1. The Bertz CT molecular complexity index is 1570. The summed E-state index contributed by atoms with van der Waals surface area (Å²) < 4.78 is 48.7. The van der Waals surface area contributed by atoms with Crippen molar-refractivity contribution in [2.75, 3.05) is 0 Å². The Morgan fingerprint density at radius 2 is 1.62 bits per heavy atom. The van der Waals surface area contributed by atoms with Crippen LogP contribution in [0.15, 0.2) is 80.7 Å². The van der Waals surface area contributed by atoms with Crippen LogP contribution in [0.25, 0.3) is 22.0 Å². The Morgan fingerprint density at radius 1 is 0.875 bits per heavy atom. The number of aromatic nitrogens is 3.